The molecule has 1 rings (SSSR count). The summed E-state index contributed by atoms with van der Waals surface area (Å²) in [7, 11) is 1.88. The van der Waals surface area contributed by atoms with Crippen LogP contribution in [0.25, 0.3) is 0 Å². The van der Waals surface area contributed by atoms with Crippen LogP contribution >= 0.6 is 0 Å². The van der Waals surface area contributed by atoms with Gasteiger partial charge in [-0.15, -0.1) is 0 Å². The predicted octanol–water partition coefficient (Wildman–Crippen LogP) is -0.237. The molecule has 0 fully saturated rings. The van der Waals surface area contributed by atoms with E-state index in [2.05, 4.69) is 5.10 Å². The first kappa shape index (κ1) is 9.22. The highest BCUT2D eigenvalue weighted by Crippen LogP contribution is 2.16. The molecule has 0 aliphatic heterocycles. The Morgan fingerprint density at radius 1 is 1.75 bits per heavy atom. The van der Waals surface area contributed by atoms with E-state index in [4.69, 9.17) is 10.8 Å². The van der Waals surface area contributed by atoms with Crippen LogP contribution in [-0.2, 0) is 7.05 Å². The summed E-state index contributed by atoms with van der Waals surface area (Å²) < 4.78 is 1.79. The molecule has 1 atom stereocenters. The first-order valence-corrected chi connectivity index (χ1v) is 4.00. The number of nitrogens with zero attached hydrogens (tertiary/aromatic N) is 2. The molecule has 0 saturated carbocycles. The molecule has 12 heavy (non-hydrogen) atoms. The Balaban J connectivity index is 2.93. The van der Waals surface area contributed by atoms with E-state index in [0.717, 1.165) is 11.3 Å². The lowest BCUT2D eigenvalue weighted by Crippen LogP contribution is -2.16. The van der Waals surface area contributed by atoms with Crippen LogP contribution in [0.1, 0.15) is 17.2 Å². The van der Waals surface area contributed by atoms with Gasteiger partial charge in [0.2, 0.25) is 0 Å². The molecule has 1 heterocycles. The number of aliphatic hydroxyl groups excluding tert-OH is 1. The molecular formula is C8H15N3O. The Bertz CT molecular complexity index is 253. The standard InChI is InChI=1S/C8H15N3O/c1-6-8(4-10-11(6)2)7(3-9)5-12/h4,7,12H,3,5,9H2,1-2H3. The minimum absolute atomic E-state index is 0.0266. The second-order valence-corrected chi connectivity index (χ2v) is 2.92. The van der Waals surface area contributed by atoms with E-state index in [-0.39, 0.29) is 12.5 Å². The molecule has 3 N–H and O–H groups in total. The summed E-state index contributed by atoms with van der Waals surface area (Å²) in [4.78, 5) is 0. The molecule has 0 spiro atoms. The van der Waals surface area contributed by atoms with E-state index in [1.165, 1.54) is 0 Å². The largest absolute Gasteiger partial charge is 0.396 e. The smallest absolute Gasteiger partial charge is 0.0528 e. The molecule has 1 unspecified atom stereocenters. The van der Waals surface area contributed by atoms with Crippen LogP contribution in [0.3, 0.4) is 0 Å². The summed E-state index contributed by atoms with van der Waals surface area (Å²) in [6.07, 6.45) is 1.77. The van der Waals surface area contributed by atoms with Crippen LogP contribution < -0.4 is 5.73 Å². The third-order valence-electron chi connectivity index (χ3n) is 2.22. The van der Waals surface area contributed by atoms with Crippen molar-refractivity contribution >= 4 is 0 Å². The van der Waals surface area contributed by atoms with Crippen molar-refractivity contribution < 1.29 is 5.11 Å². The summed E-state index contributed by atoms with van der Waals surface area (Å²) in [6.45, 7) is 2.52. The molecule has 0 bridgehead atoms. The van der Waals surface area contributed by atoms with Crippen LogP contribution in [0.2, 0.25) is 0 Å². The van der Waals surface area contributed by atoms with Gasteiger partial charge in [0.05, 0.1) is 12.8 Å². The lowest BCUT2D eigenvalue weighted by Gasteiger charge is -2.10. The Kier molecular flexibility index (Phi) is 2.83. The van der Waals surface area contributed by atoms with E-state index in [1.54, 1.807) is 10.9 Å². The quantitative estimate of drug-likeness (QED) is 0.656. The van der Waals surface area contributed by atoms with Gasteiger partial charge in [-0.1, -0.05) is 0 Å². The van der Waals surface area contributed by atoms with E-state index < -0.39 is 0 Å². The average Bonchev–Trinajstić information content (AvgIpc) is 2.38. The molecule has 0 aromatic carbocycles. The second-order valence-electron chi connectivity index (χ2n) is 2.92. The molecule has 68 valence electrons. The van der Waals surface area contributed by atoms with E-state index >= 15 is 0 Å². The highest BCUT2D eigenvalue weighted by atomic mass is 16.3. The number of aryl methyl sites for hydroxylation is 1. The molecule has 1 aromatic heterocycles. The first-order chi connectivity index (χ1) is 5.70. The van der Waals surface area contributed by atoms with Crippen LogP contribution in [0, 0.1) is 6.92 Å². The highest BCUT2D eigenvalue weighted by molar-refractivity contribution is 5.21. The predicted molar refractivity (Wildman–Crippen MR) is 46.8 cm³/mol. The maximum atomic E-state index is 9.00. The van der Waals surface area contributed by atoms with Crippen LogP contribution in [0.15, 0.2) is 6.20 Å². The fourth-order valence-electron chi connectivity index (χ4n) is 1.22. The summed E-state index contributed by atoms with van der Waals surface area (Å²) >= 11 is 0. The molecular weight excluding hydrogens is 154 g/mol. The lowest BCUT2D eigenvalue weighted by molar-refractivity contribution is 0.267. The van der Waals surface area contributed by atoms with Crippen molar-refractivity contribution in [2.24, 2.45) is 12.8 Å². The topological polar surface area (TPSA) is 64.1 Å². The molecule has 0 radical (unpaired) electrons. The van der Waals surface area contributed by atoms with Gasteiger partial charge in [-0.25, -0.2) is 0 Å². The van der Waals surface area contributed by atoms with Crippen molar-refractivity contribution in [3.05, 3.63) is 17.5 Å². The van der Waals surface area contributed by atoms with Crippen molar-refractivity contribution in [2.45, 2.75) is 12.8 Å². The Hall–Kier alpha value is -0.870. The number of rotatable bonds is 3. The van der Waals surface area contributed by atoms with Gasteiger partial charge in [0.1, 0.15) is 0 Å². The van der Waals surface area contributed by atoms with Gasteiger partial charge in [0, 0.05) is 25.2 Å². The maximum absolute atomic E-state index is 9.00. The van der Waals surface area contributed by atoms with Crippen LogP contribution in [0.4, 0.5) is 0 Å². The third-order valence-corrected chi connectivity index (χ3v) is 2.22. The Morgan fingerprint density at radius 2 is 2.42 bits per heavy atom. The number of aliphatic hydroxyl groups is 1. The minimum Gasteiger partial charge on any atom is -0.396 e. The monoisotopic (exact) mass is 169 g/mol. The van der Waals surface area contributed by atoms with Gasteiger partial charge in [0.15, 0.2) is 0 Å². The van der Waals surface area contributed by atoms with Gasteiger partial charge in [-0.05, 0) is 12.5 Å². The van der Waals surface area contributed by atoms with Gasteiger partial charge in [0.25, 0.3) is 0 Å². The van der Waals surface area contributed by atoms with Crippen LogP contribution in [-0.4, -0.2) is 28.0 Å². The number of hydrogen-bond acceptors (Lipinski definition) is 3. The third kappa shape index (κ3) is 1.49. The molecule has 0 saturated heterocycles. The van der Waals surface area contributed by atoms with Crippen molar-refractivity contribution in [2.75, 3.05) is 13.2 Å². The number of nitrogens with two attached hydrogens (primary N) is 1. The van der Waals surface area contributed by atoms with Crippen molar-refractivity contribution in [3.8, 4) is 0 Å². The SMILES string of the molecule is Cc1c(C(CN)CO)cnn1C. The molecule has 1 aromatic rings. The molecule has 4 nitrogen and oxygen atoms in total. The second kappa shape index (κ2) is 3.69. The lowest BCUT2D eigenvalue weighted by atomic mass is 10.0. The summed E-state index contributed by atoms with van der Waals surface area (Å²) in [6, 6.07) is 0. The summed E-state index contributed by atoms with van der Waals surface area (Å²) in [5, 5.41) is 13.1. The molecule has 0 aliphatic carbocycles. The van der Waals surface area contributed by atoms with Gasteiger partial charge in [-0.3, -0.25) is 4.68 Å². The maximum Gasteiger partial charge on any atom is 0.0528 e. The van der Waals surface area contributed by atoms with Crippen LogP contribution in [0.5, 0.6) is 0 Å². The number of hydrogen-bond donors (Lipinski definition) is 2. The van der Waals surface area contributed by atoms with Crippen molar-refractivity contribution in [1.82, 2.24) is 9.78 Å². The number of aromatic nitrogens is 2. The van der Waals surface area contributed by atoms with Gasteiger partial charge < -0.3 is 10.8 Å². The fraction of sp³-hybridized carbons (Fsp3) is 0.625. The van der Waals surface area contributed by atoms with Crippen molar-refractivity contribution in [3.63, 3.8) is 0 Å². The van der Waals surface area contributed by atoms with Crippen molar-refractivity contribution in [1.29, 1.82) is 0 Å². The molecule has 0 aliphatic rings. The minimum atomic E-state index is 0.0266. The zero-order chi connectivity index (χ0) is 9.14. The zero-order valence-electron chi connectivity index (χ0n) is 7.49. The first-order valence-electron chi connectivity index (χ1n) is 4.00. The summed E-state index contributed by atoms with van der Waals surface area (Å²) in [5.41, 5.74) is 7.61. The van der Waals surface area contributed by atoms with Gasteiger partial charge in [-0.2, -0.15) is 5.10 Å². The normalized spacial score (nSPS) is 13.3. The van der Waals surface area contributed by atoms with E-state index in [0.29, 0.717) is 6.54 Å². The molecule has 4 heteroatoms. The fourth-order valence-corrected chi connectivity index (χ4v) is 1.22. The van der Waals surface area contributed by atoms with Gasteiger partial charge >= 0.3 is 0 Å². The average molecular weight is 169 g/mol. The zero-order valence-corrected chi connectivity index (χ0v) is 7.49. The van der Waals surface area contributed by atoms with E-state index in [9.17, 15) is 0 Å². The Labute approximate surface area is 72.0 Å². The molecule has 0 amide bonds. The summed E-state index contributed by atoms with van der Waals surface area (Å²) in [5.74, 6) is 0.0266. The van der Waals surface area contributed by atoms with E-state index in [1.807, 2.05) is 14.0 Å². The Morgan fingerprint density at radius 3 is 2.75 bits per heavy atom. The highest BCUT2D eigenvalue weighted by Gasteiger charge is 2.13.